The fourth-order valence-electron chi connectivity index (χ4n) is 1.46. The summed E-state index contributed by atoms with van der Waals surface area (Å²) in [4.78, 5) is 24.8. The second-order valence-corrected chi connectivity index (χ2v) is 5.66. The first-order valence-corrected chi connectivity index (χ1v) is 7.15. The maximum atomic E-state index is 12.1. The van der Waals surface area contributed by atoms with E-state index >= 15 is 0 Å². The third-order valence-corrected chi connectivity index (χ3v) is 3.94. The van der Waals surface area contributed by atoms with Gasteiger partial charge in [0.2, 0.25) is 15.9 Å². The van der Waals surface area contributed by atoms with Crippen molar-refractivity contribution in [1.82, 2.24) is 9.71 Å². The normalized spacial score (nSPS) is 12.3. The van der Waals surface area contributed by atoms with E-state index in [0.29, 0.717) is 0 Å². The third-order valence-electron chi connectivity index (χ3n) is 2.44. The predicted octanol–water partition coefficient (Wildman–Crippen LogP) is -1.05. The van der Waals surface area contributed by atoms with E-state index in [-0.39, 0.29) is 18.5 Å². The highest BCUT2D eigenvalue weighted by atomic mass is 32.2. The van der Waals surface area contributed by atoms with Crippen LogP contribution in [0.25, 0.3) is 0 Å². The summed E-state index contributed by atoms with van der Waals surface area (Å²) in [5, 5.41) is 17.8. The average molecular weight is 312 g/mol. The van der Waals surface area contributed by atoms with Crippen LogP contribution in [-0.2, 0) is 19.6 Å². The molecule has 10 heteroatoms. The number of carbonyl (C=O) groups excluding carboxylic acids is 1. The van der Waals surface area contributed by atoms with E-state index in [1.165, 1.54) is 12.3 Å². The first kappa shape index (κ1) is 16.5. The summed E-state index contributed by atoms with van der Waals surface area (Å²) in [7, 11) is -4.26. The van der Waals surface area contributed by atoms with Crippen LogP contribution >= 0.6 is 0 Å². The Hall–Kier alpha value is -2.51. The van der Waals surface area contributed by atoms with Crippen LogP contribution in [0, 0.1) is 11.3 Å². The lowest BCUT2D eigenvalue weighted by atomic mass is 10.2. The Labute approximate surface area is 120 Å². The number of nitrogens with one attached hydrogen (secondary N) is 1. The molecular weight excluding hydrogens is 300 g/mol. The van der Waals surface area contributed by atoms with Crippen molar-refractivity contribution in [3.05, 3.63) is 24.0 Å². The molecule has 0 radical (unpaired) electrons. The van der Waals surface area contributed by atoms with Gasteiger partial charge in [-0.3, -0.25) is 9.59 Å². The standard InChI is InChI=1S/C11H12N4O5S/c12-6-8-9(2-1-5-14-8)21(19,20)15-7(11(17)18)3-4-10(13)16/h1-2,5,7,15H,3-4H2,(H2,13,16)(H,17,18). The van der Waals surface area contributed by atoms with Gasteiger partial charge in [-0.25, -0.2) is 13.4 Å². The zero-order valence-corrected chi connectivity index (χ0v) is 11.5. The molecular formula is C11H12N4O5S. The molecule has 0 aliphatic rings. The molecule has 1 unspecified atom stereocenters. The second kappa shape index (κ2) is 6.78. The van der Waals surface area contributed by atoms with Crippen molar-refractivity contribution in [2.75, 3.05) is 0 Å². The summed E-state index contributed by atoms with van der Waals surface area (Å²) in [6, 6.07) is 2.50. The Morgan fingerprint density at radius 3 is 2.71 bits per heavy atom. The van der Waals surface area contributed by atoms with Gasteiger partial charge in [-0.05, 0) is 18.6 Å². The number of nitrogens with two attached hydrogens (primary N) is 1. The molecule has 0 aliphatic carbocycles. The van der Waals surface area contributed by atoms with Crippen molar-refractivity contribution in [1.29, 1.82) is 5.26 Å². The Kier molecular flexibility index (Phi) is 5.34. The molecule has 0 saturated carbocycles. The minimum absolute atomic E-state index is 0.294. The van der Waals surface area contributed by atoms with Crippen molar-refractivity contribution >= 4 is 21.9 Å². The highest BCUT2D eigenvalue weighted by molar-refractivity contribution is 7.89. The van der Waals surface area contributed by atoms with Crippen LogP contribution in [0.15, 0.2) is 23.2 Å². The quantitative estimate of drug-likeness (QED) is 0.578. The summed E-state index contributed by atoms with van der Waals surface area (Å²) < 4.78 is 26.1. The topological polar surface area (TPSA) is 163 Å². The van der Waals surface area contributed by atoms with Crippen LogP contribution in [0.1, 0.15) is 18.5 Å². The number of pyridine rings is 1. The fraction of sp³-hybridized carbons (Fsp3) is 0.273. The number of amides is 1. The van der Waals surface area contributed by atoms with Crippen molar-refractivity contribution in [3.63, 3.8) is 0 Å². The van der Waals surface area contributed by atoms with Crippen molar-refractivity contribution in [3.8, 4) is 6.07 Å². The van der Waals surface area contributed by atoms with E-state index in [4.69, 9.17) is 16.1 Å². The third kappa shape index (κ3) is 4.51. The second-order valence-electron chi connectivity index (χ2n) is 3.98. The zero-order valence-electron chi connectivity index (χ0n) is 10.7. The number of carboxylic acids is 1. The molecule has 9 nitrogen and oxygen atoms in total. The predicted molar refractivity (Wildman–Crippen MR) is 69.1 cm³/mol. The number of nitrogens with zero attached hydrogens (tertiary/aromatic N) is 2. The Balaban J connectivity index is 3.04. The van der Waals surface area contributed by atoms with Crippen LogP contribution in [0.5, 0.6) is 0 Å². The molecule has 0 aromatic carbocycles. The van der Waals surface area contributed by atoms with E-state index in [2.05, 4.69) is 4.98 Å². The number of aromatic nitrogens is 1. The lowest BCUT2D eigenvalue weighted by Crippen LogP contribution is -2.41. The molecule has 4 N–H and O–H groups in total. The van der Waals surface area contributed by atoms with E-state index < -0.39 is 32.8 Å². The molecule has 0 aliphatic heterocycles. The van der Waals surface area contributed by atoms with Gasteiger partial charge in [0.15, 0.2) is 5.69 Å². The zero-order chi connectivity index (χ0) is 16.0. The number of aliphatic carboxylic acids is 1. The van der Waals surface area contributed by atoms with Gasteiger partial charge in [0.25, 0.3) is 0 Å². The first-order chi connectivity index (χ1) is 9.77. The van der Waals surface area contributed by atoms with Crippen molar-refractivity contribution in [2.45, 2.75) is 23.8 Å². The minimum atomic E-state index is -4.26. The van der Waals surface area contributed by atoms with Gasteiger partial charge in [-0.2, -0.15) is 9.98 Å². The van der Waals surface area contributed by atoms with E-state index in [9.17, 15) is 18.0 Å². The van der Waals surface area contributed by atoms with Gasteiger partial charge < -0.3 is 10.8 Å². The molecule has 1 aromatic heterocycles. The summed E-state index contributed by atoms with van der Waals surface area (Å²) in [6.45, 7) is 0. The minimum Gasteiger partial charge on any atom is -0.480 e. The van der Waals surface area contributed by atoms with Gasteiger partial charge in [0.05, 0.1) is 0 Å². The maximum Gasteiger partial charge on any atom is 0.321 e. The SMILES string of the molecule is N#Cc1ncccc1S(=O)(=O)NC(CCC(N)=O)C(=O)O. The molecule has 0 fully saturated rings. The van der Waals surface area contributed by atoms with Crippen LogP contribution in [-0.4, -0.2) is 36.4 Å². The molecule has 0 saturated heterocycles. The fourth-order valence-corrected chi connectivity index (χ4v) is 2.79. The number of carbonyl (C=O) groups is 2. The first-order valence-electron chi connectivity index (χ1n) is 5.66. The molecule has 21 heavy (non-hydrogen) atoms. The lowest BCUT2D eigenvalue weighted by Gasteiger charge is -2.14. The Morgan fingerprint density at radius 2 is 2.19 bits per heavy atom. The molecule has 1 amide bonds. The van der Waals surface area contributed by atoms with Crippen LogP contribution in [0.3, 0.4) is 0 Å². The number of primary amides is 1. The Bertz CT molecular complexity index is 695. The molecule has 0 bridgehead atoms. The summed E-state index contributed by atoms with van der Waals surface area (Å²) in [5.74, 6) is -2.21. The summed E-state index contributed by atoms with van der Waals surface area (Å²) in [6.07, 6.45) is 0.642. The number of hydrogen-bond acceptors (Lipinski definition) is 6. The summed E-state index contributed by atoms with van der Waals surface area (Å²) in [5.41, 5.74) is 4.54. The molecule has 0 spiro atoms. The van der Waals surface area contributed by atoms with Crippen LogP contribution < -0.4 is 10.5 Å². The highest BCUT2D eigenvalue weighted by Crippen LogP contribution is 2.13. The smallest absolute Gasteiger partial charge is 0.321 e. The van der Waals surface area contributed by atoms with E-state index in [1.807, 2.05) is 4.72 Å². The number of sulfonamides is 1. The van der Waals surface area contributed by atoms with Gasteiger partial charge in [-0.15, -0.1) is 0 Å². The van der Waals surface area contributed by atoms with Gasteiger partial charge in [0.1, 0.15) is 17.0 Å². The number of nitriles is 1. The van der Waals surface area contributed by atoms with Gasteiger partial charge in [0, 0.05) is 12.6 Å². The molecule has 1 rings (SSSR count). The van der Waals surface area contributed by atoms with Crippen molar-refractivity contribution < 1.29 is 23.1 Å². The monoisotopic (exact) mass is 312 g/mol. The number of carboxylic acid groups (broad SMARTS) is 1. The van der Waals surface area contributed by atoms with Crippen LogP contribution in [0.2, 0.25) is 0 Å². The average Bonchev–Trinajstić information content (AvgIpc) is 2.42. The van der Waals surface area contributed by atoms with E-state index in [0.717, 1.165) is 6.07 Å². The largest absolute Gasteiger partial charge is 0.480 e. The molecule has 112 valence electrons. The van der Waals surface area contributed by atoms with E-state index in [1.54, 1.807) is 6.07 Å². The molecule has 1 heterocycles. The molecule has 1 aromatic rings. The number of hydrogen-bond donors (Lipinski definition) is 3. The molecule has 1 atom stereocenters. The van der Waals surface area contributed by atoms with Gasteiger partial charge >= 0.3 is 5.97 Å². The maximum absolute atomic E-state index is 12.1. The Morgan fingerprint density at radius 1 is 1.52 bits per heavy atom. The van der Waals surface area contributed by atoms with Crippen LogP contribution in [0.4, 0.5) is 0 Å². The summed E-state index contributed by atoms with van der Waals surface area (Å²) >= 11 is 0. The lowest BCUT2D eigenvalue weighted by molar-refractivity contribution is -0.139. The van der Waals surface area contributed by atoms with Gasteiger partial charge in [-0.1, -0.05) is 0 Å². The highest BCUT2D eigenvalue weighted by Gasteiger charge is 2.27. The number of rotatable bonds is 7. The van der Waals surface area contributed by atoms with Crippen molar-refractivity contribution in [2.24, 2.45) is 5.73 Å².